The Morgan fingerprint density at radius 3 is 2.59 bits per heavy atom. The van der Waals surface area contributed by atoms with Crippen LogP contribution in [0.2, 0.25) is 0 Å². The molecule has 0 aliphatic rings. The van der Waals surface area contributed by atoms with Crippen LogP contribution < -0.4 is 10.9 Å². The van der Waals surface area contributed by atoms with Gasteiger partial charge in [-0.15, -0.1) is 0 Å². The third-order valence-electron chi connectivity index (χ3n) is 6.56. The van der Waals surface area contributed by atoms with Crippen LogP contribution in [0.15, 0.2) is 53.8 Å². The Bertz CT molecular complexity index is 1750. The third-order valence-corrected chi connectivity index (χ3v) is 6.56. The van der Waals surface area contributed by atoms with Gasteiger partial charge in [-0.2, -0.15) is 5.10 Å². The van der Waals surface area contributed by atoms with E-state index in [-0.39, 0.29) is 29.0 Å². The van der Waals surface area contributed by atoms with Gasteiger partial charge >= 0.3 is 0 Å². The molecule has 0 fully saturated rings. The smallest absolute Gasteiger partial charge is 0.275 e. The molecule has 1 unspecified atom stereocenters. The van der Waals surface area contributed by atoms with Gasteiger partial charge in [0.05, 0.1) is 23.1 Å². The van der Waals surface area contributed by atoms with Gasteiger partial charge in [0, 0.05) is 51.2 Å². The normalized spacial score (nSPS) is 12.3. The van der Waals surface area contributed by atoms with E-state index in [1.54, 1.807) is 48.8 Å². The van der Waals surface area contributed by atoms with Crippen LogP contribution in [0.25, 0.3) is 27.7 Å². The fraction of sp³-hybridized carbons (Fsp3) is 0.259. The average Bonchev–Trinajstić information content (AvgIpc) is 3.49. The number of amides is 1. The highest BCUT2D eigenvalue weighted by atomic mass is 19.1. The van der Waals surface area contributed by atoms with Gasteiger partial charge in [-0.25, -0.2) is 9.37 Å². The molecule has 10 heteroatoms. The van der Waals surface area contributed by atoms with Gasteiger partial charge < -0.3 is 10.2 Å². The number of nitrogens with zero attached hydrogens (tertiary/aromatic N) is 6. The molecule has 0 saturated carbocycles. The maximum absolute atomic E-state index is 14.2. The summed E-state index contributed by atoms with van der Waals surface area (Å²) in [4.78, 5) is 32.1. The van der Waals surface area contributed by atoms with Gasteiger partial charge in [-0.05, 0) is 49.2 Å². The lowest BCUT2D eigenvalue weighted by molar-refractivity contribution is 0.0824. The second kappa shape index (κ2) is 8.88. The van der Waals surface area contributed by atoms with Crippen molar-refractivity contribution in [2.45, 2.75) is 19.9 Å². The summed E-state index contributed by atoms with van der Waals surface area (Å²) < 4.78 is 19.1. The molecule has 0 bridgehead atoms. The molecule has 37 heavy (non-hydrogen) atoms. The van der Waals surface area contributed by atoms with Crippen LogP contribution in [0.1, 0.15) is 34.6 Å². The molecule has 3 heterocycles. The Kier molecular flexibility index (Phi) is 5.82. The lowest BCUT2D eigenvalue weighted by Gasteiger charge is -2.21. The van der Waals surface area contributed by atoms with Crippen LogP contribution in [-0.4, -0.2) is 48.6 Å². The molecule has 5 aromatic rings. The first-order valence-electron chi connectivity index (χ1n) is 11.8. The van der Waals surface area contributed by atoms with Crippen LogP contribution in [0, 0.1) is 12.7 Å². The van der Waals surface area contributed by atoms with Crippen LogP contribution in [0.5, 0.6) is 0 Å². The van der Waals surface area contributed by atoms with Crippen molar-refractivity contribution < 1.29 is 9.18 Å². The van der Waals surface area contributed by atoms with E-state index in [9.17, 15) is 14.0 Å². The number of hydrogen-bond donors (Lipinski definition) is 1. The van der Waals surface area contributed by atoms with E-state index >= 15 is 0 Å². The second-order valence-electron chi connectivity index (χ2n) is 9.56. The number of anilines is 1. The first kappa shape index (κ1) is 24.2. The minimum Gasteiger partial charge on any atom is -0.378 e. The number of carbonyl (C=O) groups is 1. The number of carbonyl (C=O) groups excluding carboxylic acids is 1. The van der Waals surface area contributed by atoms with Crippen molar-refractivity contribution in [3.8, 4) is 11.1 Å². The number of halogens is 1. The Morgan fingerprint density at radius 1 is 1.16 bits per heavy atom. The predicted octanol–water partition coefficient (Wildman–Crippen LogP) is 3.91. The molecular weight excluding hydrogens is 473 g/mol. The van der Waals surface area contributed by atoms with Crippen molar-refractivity contribution in [3.05, 3.63) is 82.0 Å². The first-order valence-corrected chi connectivity index (χ1v) is 11.8. The number of rotatable bonds is 5. The molecule has 190 valence electrons. The SMILES string of the molecule is Cc1cc(C(C)Nc2ccc(F)cc2-c2cnn(C)c2)c2c(c1)c(=O)n(C)c1c(C(=O)N(C)C)ncn21. The van der Waals surface area contributed by atoms with E-state index in [1.807, 2.05) is 39.2 Å². The lowest BCUT2D eigenvalue weighted by atomic mass is 9.99. The van der Waals surface area contributed by atoms with Gasteiger partial charge in [0.2, 0.25) is 0 Å². The Labute approximate surface area is 212 Å². The molecular formula is C27H28FN7O2. The summed E-state index contributed by atoms with van der Waals surface area (Å²) in [7, 11) is 6.75. The number of nitrogens with one attached hydrogen (secondary N) is 1. The van der Waals surface area contributed by atoms with E-state index in [4.69, 9.17) is 0 Å². The number of fused-ring (bicyclic) bond motifs is 3. The van der Waals surface area contributed by atoms with Crippen molar-refractivity contribution in [2.75, 3.05) is 19.4 Å². The minimum absolute atomic E-state index is 0.205. The highest BCUT2D eigenvalue weighted by molar-refractivity contribution is 5.99. The van der Waals surface area contributed by atoms with Gasteiger partial charge in [-0.1, -0.05) is 6.07 Å². The molecule has 9 nitrogen and oxygen atoms in total. The molecule has 0 radical (unpaired) electrons. The highest BCUT2D eigenvalue weighted by Gasteiger charge is 2.23. The topological polar surface area (TPSA) is 89.5 Å². The van der Waals surface area contributed by atoms with Gasteiger partial charge in [0.15, 0.2) is 11.3 Å². The Hall–Kier alpha value is -4.47. The van der Waals surface area contributed by atoms with Gasteiger partial charge in [-0.3, -0.25) is 23.2 Å². The largest absolute Gasteiger partial charge is 0.378 e. The van der Waals surface area contributed by atoms with Crippen molar-refractivity contribution in [2.24, 2.45) is 14.1 Å². The maximum Gasteiger partial charge on any atom is 0.275 e. The van der Waals surface area contributed by atoms with Crippen LogP contribution in [0.3, 0.4) is 0 Å². The summed E-state index contributed by atoms with van der Waals surface area (Å²) in [5.41, 5.74) is 5.03. The van der Waals surface area contributed by atoms with Gasteiger partial charge in [0.25, 0.3) is 11.5 Å². The average molecular weight is 502 g/mol. The summed E-state index contributed by atoms with van der Waals surface area (Å²) in [5.74, 6) is -0.635. The number of aryl methyl sites for hydroxylation is 3. The number of hydrogen-bond acceptors (Lipinski definition) is 5. The van der Waals surface area contributed by atoms with E-state index < -0.39 is 0 Å². The van der Waals surface area contributed by atoms with Crippen LogP contribution in [0.4, 0.5) is 10.1 Å². The quantitative estimate of drug-likeness (QED) is 0.395. The zero-order valence-corrected chi connectivity index (χ0v) is 21.6. The molecule has 0 aliphatic heterocycles. The van der Waals surface area contributed by atoms with Crippen LogP contribution >= 0.6 is 0 Å². The van der Waals surface area contributed by atoms with E-state index in [2.05, 4.69) is 15.4 Å². The molecule has 0 spiro atoms. The molecule has 1 atom stereocenters. The third kappa shape index (κ3) is 4.04. The zero-order chi connectivity index (χ0) is 26.6. The van der Waals surface area contributed by atoms with Crippen molar-refractivity contribution in [1.82, 2.24) is 28.6 Å². The molecule has 3 aromatic heterocycles. The summed E-state index contributed by atoms with van der Waals surface area (Å²) in [6.07, 6.45) is 5.10. The zero-order valence-electron chi connectivity index (χ0n) is 21.6. The standard InChI is InChI=1S/C27H28FN7O2/c1-15-9-19(16(2)31-22-8-7-18(28)11-20(22)17-12-30-33(5)13-17)24-21(10-15)26(36)34(6)25-23(27(37)32(3)4)29-14-35(24)25/h7-14,16,31H,1-6H3. The Balaban J connectivity index is 1.71. The molecule has 5 rings (SSSR count). The minimum atomic E-state index is -0.347. The first-order chi connectivity index (χ1) is 17.6. The summed E-state index contributed by atoms with van der Waals surface area (Å²) >= 11 is 0. The maximum atomic E-state index is 14.2. The Morgan fingerprint density at radius 2 is 1.92 bits per heavy atom. The molecule has 0 saturated heterocycles. The predicted molar refractivity (Wildman–Crippen MR) is 141 cm³/mol. The van der Waals surface area contributed by atoms with E-state index in [0.29, 0.717) is 22.1 Å². The second-order valence-corrected chi connectivity index (χ2v) is 9.56. The summed E-state index contributed by atoms with van der Waals surface area (Å²) in [6, 6.07) is 8.16. The van der Waals surface area contributed by atoms with Crippen molar-refractivity contribution in [1.29, 1.82) is 0 Å². The van der Waals surface area contributed by atoms with Crippen LogP contribution in [-0.2, 0) is 14.1 Å². The van der Waals surface area contributed by atoms with Crippen molar-refractivity contribution >= 4 is 28.1 Å². The number of aromatic nitrogens is 5. The lowest BCUT2D eigenvalue weighted by Crippen LogP contribution is -2.26. The van der Waals surface area contributed by atoms with E-state index in [0.717, 1.165) is 22.4 Å². The fourth-order valence-corrected chi connectivity index (χ4v) is 4.79. The molecule has 1 amide bonds. The number of imidazole rings is 1. The number of benzene rings is 2. The monoisotopic (exact) mass is 501 g/mol. The van der Waals surface area contributed by atoms with E-state index in [1.165, 1.54) is 21.6 Å². The van der Waals surface area contributed by atoms with Crippen molar-refractivity contribution in [3.63, 3.8) is 0 Å². The molecule has 0 aliphatic carbocycles. The summed E-state index contributed by atoms with van der Waals surface area (Å²) in [5, 5.41) is 8.25. The van der Waals surface area contributed by atoms with Gasteiger partial charge in [0.1, 0.15) is 12.1 Å². The molecule has 1 N–H and O–H groups in total. The fourth-order valence-electron chi connectivity index (χ4n) is 4.79. The molecule has 2 aromatic carbocycles. The highest BCUT2D eigenvalue weighted by Crippen LogP contribution is 2.33. The summed E-state index contributed by atoms with van der Waals surface area (Å²) in [6.45, 7) is 3.92.